The highest BCUT2D eigenvalue weighted by Crippen LogP contribution is 2.44. The Morgan fingerprint density at radius 1 is 1.00 bits per heavy atom. The van der Waals surface area contributed by atoms with Crippen molar-refractivity contribution in [1.29, 1.82) is 0 Å². The normalized spacial score (nSPS) is 16.9. The average Bonchev–Trinajstić information content (AvgIpc) is 3.39. The summed E-state index contributed by atoms with van der Waals surface area (Å²) in [5.41, 5.74) is 9.32. The predicted molar refractivity (Wildman–Crippen MR) is 168 cm³/mol. The van der Waals surface area contributed by atoms with Gasteiger partial charge in [0.05, 0.1) is 28.5 Å². The predicted octanol–water partition coefficient (Wildman–Crippen LogP) is 7.53. The van der Waals surface area contributed by atoms with E-state index in [1.54, 1.807) is 0 Å². The smallest absolute Gasteiger partial charge is 0.226 e. The zero-order valence-electron chi connectivity index (χ0n) is 23.6. The molecular formula is C32H34ClN5OS. The van der Waals surface area contributed by atoms with Crippen LogP contribution in [0.1, 0.15) is 59.7 Å². The molecule has 0 spiro atoms. The van der Waals surface area contributed by atoms with Gasteiger partial charge in [0.25, 0.3) is 0 Å². The van der Waals surface area contributed by atoms with Crippen LogP contribution in [0.25, 0.3) is 5.69 Å². The Bertz CT molecular complexity index is 1580. The Labute approximate surface area is 246 Å². The number of benzene rings is 2. The minimum atomic E-state index is -0.180. The molecule has 2 aromatic carbocycles. The second kappa shape index (κ2) is 11.1. The third kappa shape index (κ3) is 5.23. The van der Waals surface area contributed by atoms with Crippen LogP contribution < -0.4 is 15.5 Å². The van der Waals surface area contributed by atoms with Gasteiger partial charge in [0.1, 0.15) is 0 Å². The Kier molecular flexibility index (Phi) is 7.71. The van der Waals surface area contributed by atoms with Crippen molar-refractivity contribution in [1.82, 2.24) is 14.9 Å². The van der Waals surface area contributed by atoms with Gasteiger partial charge in [-0.3, -0.25) is 9.78 Å². The van der Waals surface area contributed by atoms with Gasteiger partial charge in [0.2, 0.25) is 5.91 Å². The fourth-order valence-electron chi connectivity index (χ4n) is 5.55. The summed E-state index contributed by atoms with van der Waals surface area (Å²) >= 11 is 12.6. The summed E-state index contributed by atoms with van der Waals surface area (Å²) in [5, 5.41) is 7.49. The van der Waals surface area contributed by atoms with Crippen LogP contribution in [0.4, 0.5) is 11.4 Å². The number of thiocarbonyl (C=S) groups is 1. The maximum atomic E-state index is 12.3. The molecule has 1 aliphatic heterocycles. The van der Waals surface area contributed by atoms with Gasteiger partial charge in [0, 0.05) is 34.9 Å². The van der Waals surface area contributed by atoms with Crippen LogP contribution in [-0.2, 0) is 4.79 Å². The molecule has 4 aromatic rings. The van der Waals surface area contributed by atoms with E-state index in [2.05, 4.69) is 72.1 Å². The number of nitrogens with one attached hydrogen (secondary N) is 2. The average molecular weight is 572 g/mol. The standard InChI is InChI=1S/C32H34ClN5OS/c1-18(2)31(39)35-27-11-10-23(17-26(27)33)38-30(29(36-32(38)40)28-9-7-8-12-34-28)25-16-21(5)37(22(25)6)24-14-19(3)13-20(4)15-24/h7-18,29-30H,1-6H3,(H,35,39)(H,36,40)/t29-,30-/m1/s1. The fraction of sp³-hybridized carbons (Fsp3) is 0.281. The Morgan fingerprint density at radius 2 is 1.73 bits per heavy atom. The molecule has 0 unspecified atom stereocenters. The number of rotatable bonds is 6. The third-order valence-electron chi connectivity index (χ3n) is 7.36. The molecule has 0 radical (unpaired) electrons. The van der Waals surface area contributed by atoms with Gasteiger partial charge >= 0.3 is 0 Å². The number of pyridine rings is 1. The monoisotopic (exact) mass is 571 g/mol. The number of aryl methyl sites for hydroxylation is 3. The molecular weight excluding hydrogens is 538 g/mol. The lowest BCUT2D eigenvalue weighted by Crippen LogP contribution is -2.29. The van der Waals surface area contributed by atoms with Crippen molar-refractivity contribution in [3.8, 4) is 5.69 Å². The summed E-state index contributed by atoms with van der Waals surface area (Å²) in [6, 6.07) is 20.1. The van der Waals surface area contributed by atoms with Crippen LogP contribution in [0.2, 0.25) is 5.02 Å². The SMILES string of the molecule is Cc1cc(C)cc(-n2c(C)cc([C@@H]3[C@@H](c4ccccn4)NC(=S)N3c3ccc(NC(=O)C(C)C)c(Cl)c3)c2C)c1. The lowest BCUT2D eigenvalue weighted by molar-refractivity contribution is -0.118. The number of amides is 1. The summed E-state index contributed by atoms with van der Waals surface area (Å²) in [7, 11) is 0. The van der Waals surface area contributed by atoms with E-state index in [4.69, 9.17) is 28.8 Å². The molecule has 2 N–H and O–H groups in total. The highest BCUT2D eigenvalue weighted by atomic mass is 35.5. The summed E-state index contributed by atoms with van der Waals surface area (Å²) < 4.78 is 2.31. The largest absolute Gasteiger partial charge is 0.351 e. The Hall–Kier alpha value is -3.68. The minimum Gasteiger partial charge on any atom is -0.351 e. The maximum Gasteiger partial charge on any atom is 0.226 e. The van der Waals surface area contributed by atoms with Crippen LogP contribution >= 0.6 is 23.8 Å². The lowest BCUT2D eigenvalue weighted by Gasteiger charge is -2.28. The van der Waals surface area contributed by atoms with Crippen LogP contribution in [-0.4, -0.2) is 20.6 Å². The van der Waals surface area contributed by atoms with E-state index >= 15 is 0 Å². The van der Waals surface area contributed by atoms with E-state index < -0.39 is 0 Å². The van der Waals surface area contributed by atoms with Crippen molar-refractivity contribution in [2.75, 3.05) is 10.2 Å². The molecule has 1 saturated heterocycles. The first-order valence-electron chi connectivity index (χ1n) is 13.4. The van der Waals surface area contributed by atoms with Gasteiger partial charge in [-0.2, -0.15) is 0 Å². The van der Waals surface area contributed by atoms with Gasteiger partial charge in [-0.1, -0.05) is 37.6 Å². The van der Waals surface area contributed by atoms with E-state index in [0.29, 0.717) is 15.8 Å². The molecule has 40 heavy (non-hydrogen) atoms. The highest BCUT2D eigenvalue weighted by molar-refractivity contribution is 7.80. The molecule has 0 aliphatic carbocycles. The summed E-state index contributed by atoms with van der Waals surface area (Å²) in [6.07, 6.45) is 1.81. The third-order valence-corrected chi connectivity index (χ3v) is 7.99. The zero-order chi connectivity index (χ0) is 28.7. The molecule has 1 amide bonds. The van der Waals surface area contributed by atoms with Crippen molar-refractivity contribution in [3.63, 3.8) is 0 Å². The van der Waals surface area contributed by atoms with Crippen LogP contribution in [0.5, 0.6) is 0 Å². The number of anilines is 2. The molecule has 206 valence electrons. The van der Waals surface area contributed by atoms with Crippen molar-refractivity contribution in [2.24, 2.45) is 5.92 Å². The molecule has 1 aliphatic rings. The Morgan fingerprint density at radius 3 is 2.35 bits per heavy atom. The Balaban J connectivity index is 1.63. The van der Waals surface area contributed by atoms with Gasteiger partial charge in [-0.05, 0) is 105 Å². The van der Waals surface area contributed by atoms with E-state index in [0.717, 1.165) is 34.0 Å². The maximum absolute atomic E-state index is 12.3. The van der Waals surface area contributed by atoms with Gasteiger partial charge in [-0.15, -0.1) is 0 Å². The van der Waals surface area contributed by atoms with E-state index in [9.17, 15) is 4.79 Å². The highest BCUT2D eigenvalue weighted by Gasteiger charge is 2.42. The fourth-order valence-corrected chi connectivity index (χ4v) is 6.11. The first-order chi connectivity index (χ1) is 19.0. The number of nitrogens with zero attached hydrogens (tertiary/aromatic N) is 3. The van der Waals surface area contributed by atoms with Crippen LogP contribution in [0.15, 0.2) is 66.9 Å². The molecule has 8 heteroatoms. The van der Waals surface area contributed by atoms with Crippen LogP contribution in [0, 0.1) is 33.6 Å². The summed E-state index contributed by atoms with van der Waals surface area (Å²) in [6.45, 7) is 12.2. The lowest BCUT2D eigenvalue weighted by atomic mass is 9.96. The van der Waals surface area contributed by atoms with Crippen molar-refractivity contribution in [3.05, 3.63) is 106 Å². The summed E-state index contributed by atoms with van der Waals surface area (Å²) in [5.74, 6) is -0.234. The number of hydrogen-bond donors (Lipinski definition) is 2. The van der Waals surface area contributed by atoms with Crippen molar-refractivity contribution in [2.45, 2.75) is 53.6 Å². The molecule has 2 atom stereocenters. The number of halogens is 1. The van der Waals surface area contributed by atoms with Crippen molar-refractivity contribution < 1.29 is 4.79 Å². The molecule has 0 bridgehead atoms. The van der Waals surface area contributed by atoms with Crippen molar-refractivity contribution >= 4 is 46.2 Å². The van der Waals surface area contributed by atoms with Gasteiger partial charge < -0.3 is 20.1 Å². The molecule has 1 fully saturated rings. The number of carbonyl (C=O) groups is 1. The topological polar surface area (TPSA) is 62.2 Å². The van der Waals surface area contributed by atoms with Gasteiger partial charge in [-0.25, -0.2) is 0 Å². The molecule has 5 rings (SSSR count). The second-order valence-corrected chi connectivity index (χ2v) is 11.6. The van der Waals surface area contributed by atoms with E-state index in [-0.39, 0.29) is 23.9 Å². The number of aromatic nitrogens is 2. The zero-order valence-corrected chi connectivity index (χ0v) is 25.2. The summed E-state index contributed by atoms with van der Waals surface area (Å²) in [4.78, 5) is 19.1. The minimum absolute atomic E-state index is 0.0834. The first-order valence-corrected chi connectivity index (χ1v) is 14.2. The van der Waals surface area contributed by atoms with E-state index in [1.807, 2.05) is 56.4 Å². The molecule has 2 aromatic heterocycles. The quantitative estimate of drug-likeness (QED) is 0.234. The molecule has 6 nitrogen and oxygen atoms in total. The number of carbonyl (C=O) groups excluding carboxylic acids is 1. The van der Waals surface area contributed by atoms with Gasteiger partial charge in [0.15, 0.2) is 5.11 Å². The molecule has 3 heterocycles. The number of hydrogen-bond acceptors (Lipinski definition) is 3. The first kappa shape index (κ1) is 27.9. The molecule has 0 saturated carbocycles. The van der Waals surface area contributed by atoms with E-state index in [1.165, 1.54) is 11.1 Å². The van der Waals surface area contributed by atoms with Crippen LogP contribution in [0.3, 0.4) is 0 Å². The second-order valence-electron chi connectivity index (χ2n) is 10.8.